The van der Waals surface area contributed by atoms with Crippen molar-refractivity contribution in [2.75, 3.05) is 0 Å². The summed E-state index contributed by atoms with van der Waals surface area (Å²) in [6.45, 7) is 0. The summed E-state index contributed by atoms with van der Waals surface area (Å²) in [6, 6.07) is 4.50. The highest BCUT2D eigenvalue weighted by Gasteiger charge is 2.23. The van der Waals surface area contributed by atoms with E-state index in [-0.39, 0.29) is 10.6 Å². The van der Waals surface area contributed by atoms with Gasteiger partial charge in [0.2, 0.25) is 6.08 Å². The van der Waals surface area contributed by atoms with E-state index < -0.39 is 12.5 Å². The van der Waals surface area contributed by atoms with E-state index >= 15 is 0 Å². The second-order valence-corrected chi connectivity index (χ2v) is 2.93. The van der Waals surface area contributed by atoms with Gasteiger partial charge in [-0.15, -0.1) is 0 Å². The molecule has 1 unspecified atom stereocenters. The maximum absolute atomic E-state index is 12.4. The molecule has 0 bridgehead atoms. The molecule has 0 aliphatic carbocycles. The Bertz CT molecular complexity index is 364. The van der Waals surface area contributed by atoms with Crippen LogP contribution in [0.3, 0.4) is 0 Å². The predicted molar refractivity (Wildman–Crippen MR) is 48.3 cm³/mol. The van der Waals surface area contributed by atoms with E-state index in [1.807, 2.05) is 0 Å². The summed E-state index contributed by atoms with van der Waals surface area (Å²) in [5.74, 6) is 0. The van der Waals surface area contributed by atoms with Crippen molar-refractivity contribution in [1.29, 1.82) is 0 Å². The Hall–Kier alpha value is -1.25. The Kier molecular flexibility index (Phi) is 3.74. The molecule has 0 aliphatic rings. The van der Waals surface area contributed by atoms with Crippen LogP contribution in [0.1, 0.15) is 11.6 Å². The van der Waals surface area contributed by atoms with Crippen LogP contribution in [0.2, 0.25) is 5.02 Å². The molecule has 0 spiro atoms. The first-order chi connectivity index (χ1) is 6.66. The summed E-state index contributed by atoms with van der Waals surface area (Å²) >= 11 is 5.68. The zero-order chi connectivity index (χ0) is 10.6. The molecule has 1 aromatic carbocycles. The number of nitrogens with zero attached hydrogens (tertiary/aromatic N) is 1. The third-order valence-electron chi connectivity index (χ3n) is 1.65. The van der Waals surface area contributed by atoms with E-state index in [2.05, 4.69) is 4.99 Å². The molecule has 0 saturated heterocycles. The van der Waals surface area contributed by atoms with Crippen molar-refractivity contribution in [1.82, 2.24) is 0 Å². The number of halogens is 3. The van der Waals surface area contributed by atoms with E-state index in [9.17, 15) is 13.6 Å². The average molecular weight is 218 g/mol. The molecule has 1 aromatic rings. The van der Waals surface area contributed by atoms with Gasteiger partial charge in [0.15, 0.2) is 0 Å². The predicted octanol–water partition coefficient (Wildman–Crippen LogP) is 2.98. The molecule has 74 valence electrons. The lowest BCUT2D eigenvalue weighted by Gasteiger charge is -2.10. The number of benzene rings is 1. The SMILES string of the molecule is O=C=NC(c1ccccc1Cl)C(F)F. The van der Waals surface area contributed by atoms with Crippen molar-refractivity contribution >= 4 is 17.7 Å². The van der Waals surface area contributed by atoms with E-state index in [0.29, 0.717) is 0 Å². The fraction of sp³-hybridized carbons (Fsp3) is 0.222. The Labute approximate surface area is 84.2 Å². The van der Waals surface area contributed by atoms with Crippen molar-refractivity contribution in [2.45, 2.75) is 12.5 Å². The molecule has 0 saturated carbocycles. The molecule has 0 radical (unpaired) electrons. The van der Waals surface area contributed by atoms with Crippen LogP contribution in [0.5, 0.6) is 0 Å². The summed E-state index contributed by atoms with van der Waals surface area (Å²) in [4.78, 5) is 13.0. The van der Waals surface area contributed by atoms with Gasteiger partial charge in [0.25, 0.3) is 6.43 Å². The first kappa shape index (κ1) is 10.8. The first-order valence-corrected chi connectivity index (χ1v) is 4.14. The van der Waals surface area contributed by atoms with Crippen molar-refractivity contribution in [3.63, 3.8) is 0 Å². The van der Waals surface area contributed by atoms with Gasteiger partial charge < -0.3 is 0 Å². The van der Waals surface area contributed by atoms with Gasteiger partial charge >= 0.3 is 0 Å². The minimum absolute atomic E-state index is 0.132. The van der Waals surface area contributed by atoms with Crippen molar-refractivity contribution in [3.05, 3.63) is 34.9 Å². The molecule has 0 aromatic heterocycles. The van der Waals surface area contributed by atoms with Crippen molar-refractivity contribution in [2.24, 2.45) is 4.99 Å². The van der Waals surface area contributed by atoms with Crippen LogP contribution in [-0.2, 0) is 4.79 Å². The third kappa shape index (κ3) is 2.37. The van der Waals surface area contributed by atoms with Gasteiger partial charge in [-0.2, -0.15) is 4.99 Å². The van der Waals surface area contributed by atoms with Gasteiger partial charge in [-0.3, -0.25) is 0 Å². The second kappa shape index (κ2) is 4.84. The summed E-state index contributed by atoms with van der Waals surface area (Å²) in [6.07, 6.45) is -1.66. The maximum atomic E-state index is 12.4. The number of rotatable bonds is 3. The molecule has 0 fully saturated rings. The Morgan fingerprint density at radius 1 is 1.36 bits per heavy atom. The number of aliphatic imine (C=N–C) groups is 1. The van der Waals surface area contributed by atoms with Crippen LogP contribution in [-0.4, -0.2) is 12.5 Å². The normalized spacial score (nSPS) is 12.3. The number of hydrogen-bond acceptors (Lipinski definition) is 2. The van der Waals surface area contributed by atoms with Crippen LogP contribution in [0.25, 0.3) is 0 Å². The minimum atomic E-state index is -2.77. The highest BCUT2D eigenvalue weighted by atomic mass is 35.5. The lowest BCUT2D eigenvalue weighted by Crippen LogP contribution is -2.06. The molecule has 2 nitrogen and oxygen atoms in total. The number of hydrogen-bond donors (Lipinski definition) is 0. The van der Waals surface area contributed by atoms with Crippen molar-refractivity contribution in [3.8, 4) is 0 Å². The van der Waals surface area contributed by atoms with Crippen LogP contribution < -0.4 is 0 Å². The molecule has 14 heavy (non-hydrogen) atoms. The highest BCUT2D eigenvalue weighted by molar-refractivity contribution is 6.31. The number of alkyl halides is 2. The van der Waals surface area contributed by atoms with Crippen molar-refractivity contribution < 1.29 is 13.6 Å². The second-order valence-electron chi connectivity index (χ2n) is 2.52. The van der Waals surface area contributed by atoms with Gasteiger partial charge in [0, 0.05) is 10.6 Å². The van der Waals surface area contributed by atoms with E-state index in [0.717, 1.165) is 6.08 Å². The van der Waals surface area contributed by atoms with Crippen LogP contribution in [0.4, 0.5) is 8.78 Å². The maximum Gasteiger partial charge on any atom is 0.265 e. The summed E-state index contributed by atoms with van der Waals surface area (Å²) in [7, 11) is 0. The molecule has 1 atom stereocenters. The summed E-state index contributed by atoms with van der Waals surface area (Å²) < 4.78 is 24.8. The van der Waals surface area contributed by atoms with E-state index in [4.69, 9.17) is 11.6 Å². The largest absolute Gasteiger partial charge is 0.265 e. The molecule has 0 N–H and O–H groups in total. The molecule has 0 heterocycles. The van der Waals surface area contributed by atoms with Gasteiger partial charge in [-0.25, -0.2) is 13.6 Å². The quantitative estimate of drug-likeness (QED) is 0.565. The lowest BCUT2D eigenvalue weighted by molar-refractivity contribution is 0.117. The molecular formula is C9H6ClF2NO. The standard InChI is InChI=1S/C9H6ClF2NO/c10-7-4-2-1-3-6(7)8(9(11)12)13-5-14/h1-4,8-9H. The summed E-state index contributed by atoms with van der Waals surface area (Å²) in [5.41, 5.74) is 0.132. The number of isocyanates is 1. The molecule has 0 aliphatic heterocycles. The van der Waals surface area contributed by atoms with Crippen LogP contribution >= 0.6 is 11.6 Å². The first-order valence-electron chi connectivity index (χ1n) is 3.76. The monoisotopic (exact) mass is 217 g/mol. The Morgan fingerprint density at radius 3 is 2.50 bits per heavy atom. The Morgan fingerprint density at radius 2 is 2.00 bits per heavy atom. The van der Waals surface area contributed by atoms with Gasteiger partial charge in [-0.1, -0.05) is 29.8 Å². The number of carbonyl (C=O) groups excluding carboxylic acids is 1. The van der Waals surface area contributed by atoms with Gasteiger partial charge in [0.05, 0.1) is 0 Å². The molecule has 1 rings (SSSR count). The average Bonchev–Trinajstić information content (AvgIpc) is 2.15. The van der Waals surface area contributed by atoms with Gasteiger partial charge in [0.1, 0.15) is 6.04 Å². The minimum Gasteiger partial charge on any atom is -0.211 e. The topological polar surface area (TPSA) is 29.4 Å². The Balaban J connectivity index is 3.11. The molecule has 5 heteroatoms. The molecular weight excluding hydrogens is 212 g/mol. The van der Waals surface area contributed by atoms with Crippen LogP contribution in [0, 0.1) is 0 Å². The fourth-order valence-electron chi connectivity index (χ4n) is 1.03. The smallest absolute Gasteiger partial charge is 0.211 e. The fourth-order valence-corrected chi connectivity index (χ4v) is 1.28. The lowest BCUT2D eigenvalue weighted by atomic mass is 10.1. The zero-order valence-corrected chi connectivity index (χ0v) is 7.71. The highest BCUT2D eigenvalue weighted by Crippen LogP contribution is 2.29. The van der Waals surface area contributed by atoms with Gasteiger partial charge in [-0.05, 0) is 6.07 Å². The van der Waals surface area contributed by atoms with E-state index in [1.54, 1.807) is 12.1 Å². The van der Waals surface area contributed by atoms with E-state index in [1.165, 1.54) is 12.1 Å². The third-order valence-corrected chi connectivity index (χ3v) is 2.00. The molecule has 0 amide bonds. The van der Waals surface area contributed by atoms with Crippen LogP contribution in [0.15, 0.2) is 29.3 Å². The zero-order valence-electron chi connectivity index (χ0n) is 6.95. The summed E-state index contributed by atoms with van der Waals surface area (Å²) in [5, 5.41) is 0.164.